The molecule has 0 spiro atoms. The number of imide groups is 1. The van der Waals surface area contributed by atoms with Crippen LogP contribution in [0.25, 0.3) is 0 Å². The van der Waals surface area contributed by atoms with Gasteiger partial charge in [0.15, 0.2) is 0 Å². The van der Waals surface area contributed by atoms with Crippen LogP contribution in [0.4, 0.5) is 0 Å². The molecule has 17 heavy (non-hydrogen) atoms. The molecule has 1 aliphatic heterocycles. The van der Waals surface area contributed by atoms with Crippen LogP contribution in [0.5, 0.6) is 0 Å². The van der Waals surface area contributed by atoms with Crippen LogP contribution in [0.2, 0.25) is 0 Å². The largest absolute Gasteiger partial charge is 0.480 e. The Bertz CT molecular complexity index is 303. The van der Waals surface area contributed by atoms with E-state index in [9.17, 15) is 14.4 Å². The van der Waals surface area contributed by atoms with Crippen LogP contribution in [-0.4, -0.2) is 45.3 Å². The third-order valence-corrected chi connectivity index (χ3v) is 3.79. The van der Waals surface area contributed by atoms with Gasteiger partial charge >= 0.3 is 5.97 Å². The molecule has 0 aromatic heterocycles. The van der Waals surface area contributed by atoms with E-state index in [0.29, 0.717) is 6.42 Å². The number of carboxylic acids is 1. The zero-order valence-corrected chi connectivity index (χ0v) is 10.7. The molecule has 0 bridgehead atoms. The van der Waals surface area contributed by atoms with Crippen molar-refractivity contribution in [3.63, 3.8) is 0 Å². The van der Waals surface area contributed by atoms with Crippen molar-refractivity contribution in [1.29, 1.82) is 0 Å². The second kappa shape index (κ2) is 6.64. The molecule has 2 amide bonds. The fourth-order valence-electron chi connectivity index (χ4n) is 1.71. The predicted molar refractivity (Wildman–Crippen MR) is 64.7 cm³/mol. The van der Waals surface area contributed by atoms with Crippen molar-refractivity contribution in [3.8, 4) is 0 Å². The van der Waals surface area contributed by atoms with E-state index in [4.69, 9.17) is 5.11 Å². The van der Waals surface area contributed by atoms with Crippen molar-refractivity contribution >= 4 is 29.5 Å². The Labute approximate surface area is 105 Å². The molecule has 0 aromatic rings. The van der Waals surface area contributed by atoms with Gasteiger partial charge in [0.1, 0.15) is 6.04 Å². The van der Waals surface area contributed by atoms with E-state index in [1.165, 1.54) is 11.8 Å². The number of likely N-dealkylation sites (tertiary alicyclic amines) is 1. The summed E-state index contributed by atoms with van der Waals surface area (Å²) in [6.45, 7) is 2.00. The van der Waals surface area contributed by atoms with Gasteiger partial charge in [-0.3, -0.25) is 14.5 Å². The van der Waals surface area contributed by atoms with Crippen LogP contribution < -0.4 is 0 Å². The number of hydrogen-bond acceptors (Lipinski definition) is 4. The van der Waals surface area contributed by atoms with Crippen LogP contribution in [0.3, 0.4) is 0 Å². The number of carboxylic acid groups (broad SMARTS) is 1. The molecule has 0 aliphatic carbocycles. The molecule has 1 atom stereocenters. The third-order valence-electron chi connectivity index (χ3n) is 2.54. The van der Waals surface area contributed by atoms with Crippen LogP contribution in [0.1, 0.15) is 32.6 Å². The standard InChI is InChI=1S/C11H17NO4S/c1-2-6-17-7-8(11(15)16)12-9(13)4-3-5-10(12)14/h8H,2-7H2,1H3,(H,15,16). The fraction of sp³-hybridized carbons (Fsp3) is 0.727. The summed E-state index contributed by atoms with van der Waals surface area (Å²) >= 11 is 1.46. The van der Waals surface area contributed by atoms with E-state index >= 15 is 0 Å². The number of aliphatic carboxylic acids is 1. The van der Waals surface area contributed by atoms with Gasteiger partial charge in [0.25, 0.3) is 0 Å². The first-order valence-electron chi connectivity index (χ1n) is 5.73. The topological polar surface area (TPSA) is 74.7 Å². The average molecular weight is 259 g/mol. The lowest BCUT2D eigenvalue weighted by Gasteiger charge is -2.30. The lowest BCUT2D eigenvalue weighted by molar-refractivity contribution is -0.159. The van der Waals surface area contributed by atoms with Gasteiger partial charge in [0.05, 0.1) is 0 Å². The number of carbonyl (C=O) groups is 3. The van der Waals surface area contributed by atoms with E-state index < -0.39 is 12.0 Å². The first-order valence-corrected chi connectivity index (χ1v) is 6.88. The van der Waals surface area contributed by atoms with Gasteiger partial charge in [-0.2, -0.15) is 11.8 Å². The minimum atomic E-state index is -1.10. The molecule has 0 saturated carbocycles. The molecule has 1 aliphatic rings. The van der Waals surface area contributed by atoms with E-state index in [2.05, 4.69) is 0 Å². The highest BCUT2D eigenvalue weighted by Crippen LogP contribution is 2.18. The maximum absolute atomic E-state index is 11.6. The summed E-state index contributed by atoms with van der Waals surface area (Å²) in [7, 11) is 0. The molecule has 1 rings (SSSR count). The monoisotopic (exact) mass is 259 g/mol. The highest BCUT2D eigenvalue weighted by Gasteiger charge is 2.36. The van der Waals surface area contributed by atoms with Gasteiger partial charge in [-0.25, -0.2) is 4.79 Å². The molecular formula is C11H17NO4S. The molecule has 5 nitrogen and oxygen atoms in total. The summed E-state index contributed by atoms with van der Waals surface area (Å²) in [5.74, 6) is -0.700. The molecule has 96 valence electrons. The summed E-state index contributed by atoms with van der Waals surface area (Å²) in [6.07, 6.45) is 2.02. The Kier molecular flexibility index (Phi) is 5.47. The zero-order chi connectivity index (χ0) is 12.8. The first kappa shape index (κ1) is 14.0. The summed E-state index contributed by atoms with van der Waals surface area (Å²) in [6, 6.07) is -1.01. The molecule has 0 radical (unpaired) electrons. The van der Waals surface area contributed by atoms with Gasteiger partial charge in [-0.1, -0.05) is 6.92 Å². The van der Waals surface area contributed by atoms with Gasteiger partial charge in [0, 0.05) is 18.6 Å². The maximum atomic E-state index is 11.6. The highest BCUT2D eigenvalue weighted by atomic mass is 32.2. The smallest absolute Gasteiger partial charge is 0.327 e. The summed E-state index contributed by atoms with van der Waals surface area (Å²) in [5.41, 5.74) is 0. The average Bonchev–Trinajstić information content (AvgIpc) is 2.26. The van der Waals surface area contributed by atoms with Gasteiger partial charge in [0.2, 0.25) is 11.8 Å². The number of piperidine rings is 1. The number of thioether (sulfide) groups is 1. The normalized spacial score (nSPS) is 18.3. The Hall–Kier alpha value is -1.04. The molecule has 0 aromatic carbocycles. The van der Waals surface area contributed by atoms with E-state index in [1.54, 1.807) is 0 Å². The van der Waals surface area contributed by atoms with E-state index in [-0.39, 0.29) is 30.4 Å². The van der Waals surface area contributed by atoms with Gasteiger partial charge in [-0.15, -0.1) is 0 Å². The van der Waals surface area contributed by atoms with Crippen molar-refractivity contribution < 1.29 is 19.5 Å². The Morgan fingerprint density at radius 2 is 2.00 bits per heavy atom. The predicted octanol–water partition coefficient (Wildman–Crippen LogP) is 1.12. The zero-order valence-electron chi connectivity index (χ0n) is 9.85. The lowest BCUT2D eigenvalue weighted by Crippen LogP contribution is -2.51. The molecular weight excluding hydrogens is 242 g/mol. The summed E-state index contributed by atoms with van der Waals surface area (Å²) < 4.78 is 0. The van der Waals surface area contributed by atoms with Crippen molar-refractivity contribution in [2.75, 3.05) is 11.5 Å². The molecule has 1 saturated heterocycles. The number of carbonyl (C=O) groups excluding carboxylic acids is 2. The minimum Gasteiger partial charge on any atom is -0.480 e. The Balaban J connectivity index is 2.70. The third kappa shape index (κ3) is 3.73. The fourth-order valence-corrected chi connectivity index (χ4v) is 2.68. The molecule has 1 heterocycles. The van der Waals surface area contributed by atoms with Crippen LogP contribution in [0, 0.1) is 0 Å². The highest BCUT2D eigenvalue weighted by molar-refractivity contribution is 7.99. The van der Waals surface area contributed by atoms with Crippen LogP contribution >= 0.6 is 11.8 Å². The van der Waals surface area contributed by atoms with Crippen LogP contribution in [-0.2, 0) is 14.4 Å². The number of amides is 2. The number of rotatable bonds is 6. The van der Waals surface area contributed by atoms with Crippen LogP contribution in [0.15, 0.2) is 0 Å². The Morgan fingerprint density at radius 3 is 2.47 bits per heavy atom. The summed E-state index contributed by atoms with van der Waals surface area (Å²) in [4.78, 5) is 35.3. The van der Waals surface area contributed by atoms with Crippen molar-refractivity contribution in [2.45, 2.75) is 38.6 Å². The molecule has 1 unspecified atom stereocenters. The van der Waals surface area contributed by atoms with Crippen molar-refractivity contribution in [3.05, 3.63) is 0 Å². The molecule has 1 N–H and O–H groups in total. The minimum absolute atomic E-state index is 0.272. The number of hydrogen-bond donors (Lipinski definition) is 1. The lowest BCUT2D eigenvalue weighted by atomic mass is 10.1. The SMILES string of the molecule is CCCSCC(C(=O)O)N1C(=O)CCCC1=O. The van der Waals surface area contributed by atoms with E-state index in [1.807, 2.05) is 6.92 Å². The Morgan fingerprint density at radius 1 is 1.41 bits per heavy atom. The van der Waals surface area contributed by atoms with Crippen molar-refractivity contribution in [2.24, 2.45) is 0 Å². The molecule has 1 fully saturated rings. The quantitative estimate of drug-likeness (QED) is 0.571. The first-order chi connectivity index (χ1) is 8.07. The maximum Gasteiger partial charge on any atom is 0.327 e. The molecule has 6 heteroatoms. The van der Waals surface area contributed by atoms with Crippen molar-refractivity contribution in [1.82, 2.24) is 4.90 Å². The second-order valence-electron chi connectivity index (χ2n) is 3.94. The van der Waals surface area contributed by atoms with E-state index in [0.717, 1.165) is 17.1 Å². The summed E-state index contributed by atoms with van der Waals surface area (Å²) in [5, 5.41) is 9.10. The van der Waals surface area contributed by atoms with Gasteiger partial charge < -0.3 is 5.11 Å². The van der Waals surface area contributed by atoms with Gasteiger partial charge in [-0.05, 0) is 18.6 Å². The number of nitrogens with zero attached hydrogens (tertiary/aromatic N) is 1. The second-order valence-corrected chi connectivity index (χ2v) is 5.09.